The smallest absolute Gasteiger partial charge is 0.274 e. The van der Waals surface area contributed by atoms with Crippen molar-refractivity contribution in [3.8, 4) is 11.5 Å². The highest BCUT2D eigenvalue weighted by atomic mass is 33.1. The quantitative estimate of drug-likeness (QED) is 0.136. The zero-order valence-corrected chi connectivity index (χ0v) is 46.9. The first-order valence-corrected chi connectivity index (χ1v) is 30.5. The van der Waals surface area contributed by atoms with Gasteiger partial charge >= 0.3 is 0 Å². The molecule has 2 aromatic carbocycles. The molecule has 4 aromatic rings. The van der Waals surface area contributed by atoms with Gasteiger partial charge in [0.05, 0.1) is 24.1 Å². The number of para-hydroxylation sites is 2. The number of amides is 8. The van der Waals surface area contributed by atoms with Gasteiger partial charge in [-0.05, 0) is 36.8 Å². The molecule has 2 saturated heterocycles. The van der Waals surface area contributed by atoms with Crippen LogP contribution in [0, 0.1) is 0 Å². The largest absolute Gasteiger partial charge is 0.505 e. The molecule has 6 atom stereocenters. The molecule has 2 aliphatic heterocycles. The van der Waals surface area contributed by atoms with Gasteiger partial charge in [-0.1, -0.05) is 81.5 Å². The zero-order chi connectivity index (χ0) is 55.4. The van der Waals surface area contributed by atoms with Crippen molar-refractivity contribution in [1.29, 1.82) is 0 Å². The van der Waals surface area contributed by atoms with Crippen LogP contribution in [0.25, 0.3) is 21.8 Å². The summed E-state index contributed by atoms with van der Waals surface area (Å²) in [5.41, 5.74) is -0.102. The minimum atomic E-state index is -1.53. The number of nitrogens with zero attached hydrogens (tertiary/aromatic N) is 6. The Morgan fingerprint density at radius 1 is 0.592 bits per heavy atom. The second-order valence-electron chi connectivity index (χ2n) is 17.3. The molecule has 2 aliphatic rings. The Balaban J connectivity index is 1.36. The van der Waals surface area contributed by atoms with Crippen LogP contribution in [0.15, 0.2) is 60.7 Å². The summed E-state index contributed by atoms with van der Waals surface area (Å²) >= 11 is 3.71. The summed E-state index contributed by atoms with van der Waals surface area (Å²) in [6.07, 6.45) is 3.42. The van der Waals surface area contributed by atoms with Crippen molar-refractivity contribution >= 4 is 148 Å². The predicted molar refractivity (Wildman–Crippen MR) is 298 cm³/mol. The molecule has 2 bridgehead atoms. The third-order valence-corrected chi connectivity index (χ3v) is 18.1. The van der Waals surface area contributed by atoms with E-state index in [1.807, 2.05) is 0 Å². The van der Waals surface area contributed by atoms with Gasteiger partial charge in [-0.15, -0.1) is 0 Å². The molecule has 0 aliphatic carbocycles. The summed E-state index contributed by atoms with van der Waals surface area (Å²) in [6, 6.07) is 8.07. The van der Waals surface area contributed by atoms with Gasteiger partial charge < -0.3 is 51.1 Å². The van der Waals surface area contributed by atoms with Crippen molar-refractivity contribution in [2.24, 2.45) is 0 Å². The Labute approximate surface area is 462 Å². The Bertz CT molecular complexity index is 2710. The van der Waals surface area contributed by atoms with Gasteiger partial charge in [-0.2, -0.15) is 23.5 Å². The normalized spacial score (nSPS) is 22.8. The van der Waals surface area contributed by atoms with E-state index in [0.717, 1.165) is 31.4 Å². The van der Waals surface area contributed by atoms with Gasteiger partial charge in [-0.25, -0.2) is 9.97 Å². The number of benzene rings is 2. The van der Waals surface area contributed by atoms with Crippen molar-refractivity contribution < 1.29 is 58.2 Å². The van der Waals surface area contributed by atoms with Crippen molar-refractivity contribution in [1.82, 2.24) is 50.8 Å². The van der Waals surface area contributed by atoms with E-state index in [0.29, 0.717) is 45.3 Å². The van der Waals surface area contributed by atoms with Gasteiger partial charge in [0.15, 0.2) is 11.4 Å². The van der Waals surface area contributed by atoms with Gasteiger partial charge in [0.25, 0.3) is 11.8 Å². The number of carbonyl (C=O) groups excluding carboxylic acids is 10. The van der Waals surface area contributed by atoms with Crippen LogP contribution in [0.4, 0.5) is 0 Å². The van der Waals surface area contributed by atoms with Gasteiger partial charge in [-0.3, -0.25) is 47.9 Å². The first kappa shape index (κ1) is 59.3. The number of thioether (sulfide) groups is 4. The second kappa shape index (κ2) is 27.4. The van der Waals surface area contributed by atoms with Crippen LogP contribution in [0.3, 0.4) is 0 Å². The third kappa shape index (κ3) is 14.5. The second-order valence-corrected chi connectivity index (χ2v) is 23.7. The first-order chi connectivity index (χ1) is 36.2. The standard InChI is InChI=1S/C48H56N10O12S6/c1-55-31-23-75-76-24-32(46(68)58(4)34(22-72-6)48(70)74-19-29(41(63)49-17-37(55)61)53-43(65)39-35(59)15-25-11-7-9-13-27(25)51-39)56(2)38(62)18-50-42(64)30(20-73-47(69)33(21-71-5)57(3)45(31)67)54-44(66)40-36(60)16-26-12-8-10-14-28(26)52-40/h7-16,29-34,59-60H,17-24H2,1-6H3,(H,49,63)(H,50,64)(H,53,65)(H,54,66)/t29-,30-,31-,32-,33-,34-/m0/s1. The lowest BCUT2D eigenvalue weighted by atomic mass is 10.1. The van der Waals surface area contributed by atoms with E-state index in [-0.39, 0.29) is 23.0 Å². The molecule has 2 aromatic heterocycles. The Hall–Kier alpha value is -5.94. The van der Waals surface area contributed by atoms with Crippen molar-refractivity contribution in [3.63, 3.8) is 0 Å². The number of hydrogen-bond acceptors (Lipinski definition) is 20. The number of pyridine rings is 2. The molecular formula is C48H56N10O12S6. The number of aromatic hydroxyl groups is 2. The number of aromatic nitrogens is 2. The van der Waals surface area contributed by atoms with Crippen molar-refractivity contribution in [3.05, 3.63) is 72.1 Å². The minimum Gasteiger partial charge on any atom is -0.505 e. The van der Waals surface area contributed by atoms with Crippen LogP contribution in [-0.2, 0) is 38.4 Å². The number of carbonyl (C=O) groups is 10. The number of likely N-dealkylation sites (N-methyl/N-ethyl adjacent to an activating group) is 4. The lowest BCUT2D eigenvalue weighted by molar-refractivity contribution is -0.144. The molecule has 2 fully saturated rings. The fraction of sp³-hybridized carbons (Fsp3) is 0.417. The Kier molecular flexibility index (Phi) is 21.4. The average molecular weight is 1160 g/mol. The molecule has 22 nitrogen and oxygen atoms in total. The Morgan fingerprint density at radius 2 is 0.961 bits per heavy atom. The maximum Gasteiger partial charge on any atom is 0.274 e. The summed E-state index contributed by atoms with van der Waals surface area (Å²) < 4.78 is 0. The highest BCUT2D eigenvalue weighted by Crippen LogP contribution is 2.30. The topological polar surface area (TPSA) is 298 Å². The van der Waals surface area contributed by atoms with Crippen molar-refractivity contribution in [2.45, 2.75) is 36.3 Å². The monoisotopic (exact) mass is 1160 g/mol. The van der Waals surface area contributed by atoms with Crippen LogP contribution in [-0.4, -0.2) is 222 Å². The van der Waals surface area contributed by atoms with E-state index in [9.17, 15) is 58.2 Å². The van der Waals surface area contributed by atoms with E-state index in [1.165, 1.54) is 73.6 Å². The summed E-state index contributed by atoms with van der Waals surface area (Å²) in [5, 5.41) is 31.6. The summed E-state index contributed by atoms with van der Waals surface area (Å²) in [6.45, 7) is -1.39. The van der Waals surface area contributed by atoms with E-state index < -0.39 is 141 Å². The molecule has 406 valence electrons. The highest BCUT2D eigenvalue weighted by Gasteiger charge is 2.39. The van der Waals surface area contributed by atoms with Crippen LogP contribution in [0.1, 0.15) is 21.0 Å². The van der Waals surface area contributed by atoms with E-state index in [2.05, 4.69) is 31.2 Å². The fourth-order valence-corrected chi connectivity index (χ4v) is 13.9. The van der Waals surface area contributed by atoms with Crippen molar-refractivity contribution in [2.75, 3.05) is 88.3 Å². The molecule has 0 saturated carbocycles. The number of hydrogen-bond donors (Lipinski definition) is 6. The Morgan fingerprint density at radius 3 is 1.33 bits per heavy atom. The lowest BCUT2D eigenvalue weighted by Crippen LogP contribution is -2.57. The molecule has 4 heterocycles. The molecule has 0 unspecified atom stereocenters. The van der Waals surface area contributed by atoms with Gasteiger partial charge in [0.2, 0.25) is 45.7 Å². The van der Waals surface area contributed by atoms with Crippen LogP contribution >= 0.6 is 68.6 Å². The summed E-state index contributed by atoms with van der Waals surface area (Å²) in [5.74, 6) is -8.66. The predicted octanol–water partition coefficient (Wildman–Crippen LogP) is 1.29. The molecular weight excluding hydrogens is 1100 g/mol. The highest BCUT2D eigenvalue weighted by molar-refractivity contribution is 8.76. The maximum atomic E-state index is 14.7. The summed E-state index contributed by atoms with van der Waals surface area (Å²) in [4.78, 5) is 155. The molecule has 28 heteroatoms. The number of fused-ring (bicyclic) bond motifs is 7. The molecule has 6 rings (SSSR count). The SMILES string of the molecule is CSC[C@H]1C(=O)SC[C@H](NC(=O)c2nc3ccccc3cc2O)C(=O)NCC(=O)N(C)[C@H]2CSSC[C@@H](C(=O)N1C)N(C)C(=O)CNC(=O)[C@@H](NC(=O)c1nc3ccccc3cc1O)CSC(=O)[C@H](CSC)N(C)C2=O. The third-order valence-electron chi connectivity index (χ3n) is 12.3. The summed E-state index contributed by atoms with van der Waals surface area (Å²) in [7, 11) is 7.60. The average Bonchev–Trinajstić information content (AvgIpc) is 3.41. The molecule has 0 spiro atoms. The van der Waals surface area contributed by atoms with Crippen LogP contribution in [0.5, 0.6) is 11.5 Å². The first-order valence-electron chi connectivity index (χ1n) is 23.2. The maximum absolute atomic E-state index is 14.7. The molecule has 6 N–H and O–H groups in total. The minimum absolute atomic E-state index is 0.0598. The molecule has 76 heavy (non-hydrogen) atoms. The van der Waals surface area contributed by atoms with Gasteiger partial charge in [0.1, 0.15) is 47.8 Å². The van der Waals surface area contributed by atoms with E-state index in [4.69, 9.17) is 0 Å². The van der Waals surface area contributed by atoms with Crippen LogP contribution < -0.4 is 21.3 Å². The van der Waals surface area contributed by atoms with E-state index >= 15 is 0 Å². The molecule has 8 amide bonds. The van der Waals surface area contributed by atoms with Gasteiger partial charge in [0, 0.05) is 73.5 Å². The number of nitrogens with one attached hydrogen (secondary N) is 4. The zero-order valence-electron chi connectivity index (χ0n) is 42.0. The molecule has 0 radical (unpaired) electrons. The van der Waals surface area contributed by atoms with Crippen LogP contribution in [0.2, 0.25) is 0 Å². The number of rotatable bonds is 8. The lowest BCUT2D eigenvalue weighted by Gasteiger charge is -2.35. The van der Waals surface area contributed by atoms with E-state index in [1.54, 1.807) is 61.0 Å². The fourth-order valence-electron chi connectivity index (χ4n) is 7.75.